The van der Waals surface area contributed by atoms with Crippen LogP contribution >= 0.6 is 0 Å². The quantitative estimate of drug-likeness (QED) is 0.0518. The maximum atomic E-state index is 7.10. The molecular weight excluding hydrogens is 921 g/mol. The van der Waals surface area contributed by atoms with Crippen LogP contribution in [0.15, 0.2) is 212 Å². The fraction of sp³-hybridized carbons (Fsp3) is 0.323. The Bertz CT molecular complexity index is 2560. The van der Waals surface area contributed by atoms with Crippen LogP contribution in [0.25, 0.3) is 0 Å². The van der Waals surface area contributed by atoms with Gasteiger partial charge in [-0.1, -0.05) is 212 Å². The van der Waals surface area contributed by atoms with E-state index in [1.165, 1.54) is 0 Å². The summed E-state index contributed by atoms with van der Waals surface area (Å²) in [5.41, 5.74) is 7.00. The second kappa shape index (κ2) is 28.0. The van der Waals surface area contributed by atoms with Crippen molar-refractivity contribution in [3.8, 4) is 0 Å². The minimum atomic E-state index is -0.999. The normalized spacial score (nSPS) is 24.0. The highest BCUT2D eigenvalue weighted by atomic mass is 16.7. The highest BCUT2D eigenvalue weighted by Crippen LogP contribution is 2.35. The smallest absolute Gasteiger partial charge is 0.187 e. The third-order valence-corrected chi connectivity index (χ3v) is 12.9. The van der Waals surface area contributed by atoms with Crippen molar-refractivity contribution in [3.63, 3.8) is 0 Å². The van der Waals surface area contributed by atoms with Crippen molar-refractivity contribution in [2.45, 2.75) is 108 Å². The number of methoxy groups -OCH3 is 1. The Morgan fingerprint density at radius 1 is 0.274 bits per heavy atom. The van der Waals surface area contributed by atoms with Crippen molar-refractivity contribution < 1.29 is 52.1 Å². The number of benzene rings is 7. The first-order valence-corrected chi connectivity index (χ1v) is 25.2. The molecule has 0 saturated carbocycles. The highest BCUT2D eigenvalue weighted by molar-refractivity contribution is 5.19. The van der Waals surface area contributed by atoms with Gasteiger partial charge in [0.15, 0.2) is 12.6 Å². The third-order valence-electron chi connectivity index (χ3n) is 12.9. The molecule has 0 radical (unpaired) electrons. The molecule has 2 fully saturated rings. The Morgan fingerprint density at radius 3 is 0.863 bits per heavy atom. The van der Waals surface area contributed by atoms with E-state index >= 15 is 0 Å². The lowest BCUT2D eigenvalue weighted by molar-refractivity contribution is -0.351. The molecule has 2 saturated heterocycles. The van der Waals surface area contributed by atoms with Crippen molar-refractivity contribution in [3.05, 3.63) is 251 Å². The van der Waals surface area contributed by atoms with Gasteiger partial charge >= 0.3 is 0 Å². The largest absolute Gasteiger partial charge is 0.374 e. The Balaban J connectivity index is 1.05. The van der Waals surface area contributed by atoms with Gasteiger partial charge in [-0.3, -0.25) is 0 Å². The third kappa shape index (κ3) is 15.3. The summed E-state index contributed by atoms with van der Waals surface area (Å²) in [6.07, 6.45) is -7.47. The molecule has 9 rings (SSSR count). The topological polar surface area (TPSA) is 102 Å². The van der Waals surface area contributed by atoms with E-state index < -0.39 is 61.4 Å². The monoisotopic (exact) mass is 986 g/mol. The van der Waals surface area contributed by atoms with Crippen molar-refractivity contribution in [1.29, 1.82) is 0 Å². The zero-order valence-electron chi connectivity index (χ0n) is 41.3. The van der Waals surface area contributed by atoms with E-state index in [0.29, 0.717) is 26.4 Å². The lowest BCUT2D eigenvalue weighted by Gasteiger charge is -2.48. The van der Waals surface area contributed by atoms with Crippen molar-refractivity contribution in [2.24, 2.45) is 0 Å². The molecule has 11 nitrogen and oxygen atoms in total. The molecule has 2 heterocycles. The summed E-state index contributed by atoms with van der Waals surface area (Å²) in [5, 5.41) is 0. The summed E-state index contributed by atoms with van der Waals surface area (Å²) in [4.78, 5) is 0. The average Bonchev–Trinajstić information content (AvgIpc) is 3.45. The van der Waals surface area contributed by atoms with E-state index in [9.17, 15) is 0 Å². The number of ether oxygens (including phenoxy) is 11. The standard InChI is InChI=1S/C62H66O11/c1-63-61-59(69-42-51-33-19-7-20-34-51)57(67-40-49-29-15-5-16-30-49)56(66-39-48-27-13-4-14-28-48)54(72-61)45-71-62-60(70-43-52-35-21-8-22-36-52)58(68-41-50-31-17-6-18-32-50)55(65-38-47-25-11-3-12-26-47)53(73-62)44-64-37-46-23-9-2-10-24-46/h2-36,53-62H,37-45H2,1H3/t53-,54-,55-,56-,57+,58+,59-,60+,61+,62-/m1/s1. The molecule has 0 spiro atoms. The molecule has 0 bridgehead atoms. The summed E-state index contributed by atoms with van der Waals surface area (Å²) >= 11 is 0. The number of hydrogen-bond acceptors (Lipinski definition) is 11. The molecule has 2 aliphatic heterocycles. The van der Waals surface area contributed by atoms with Crippen LogP contribution in [0.4, 0.5) is 0 Å². The first-order valence-electron chi connectivity index (χ1n) is 25.2. The Kier molecular flexibility index (Phi) is 19.9. The molecule has 0 N–H and O–H groups in total. The molecular formula is C62H66O11. The number of rotatable bonds is 26. The predicted octanol–water partition coefficient (Wildman–Crippen LogP) is 10.8. The molecule has 380 valence electrons. The Morgan fingerprint density at radius 2 is 0.534 bits per heavy atom. The molecule has 10 atom stereocenters. The molecule has 0 aliphatic carbocycles. The number of hydrogen-bond donors (Lipinski definition) is 0. The minimum absolute atomic E-state index is 0.00960. The van der Waals surface area contributed by atoms with Crippen molar-refractivity contribution in [2.75, 3.05) is 20.3 Å². The van der Waals surface area contributed by atoms with E-state index in [2.05, 4.69) is 0 Å². The van der Waals surface area contributed by atoms with E-state index in [4.69, 9.17) is 52.1 Å². The van der Waals surface area contributed by atoms with Gasteiger partial charge in [0.25, 0.3) is 0 Å². The van der Waals surface area contributed by atoms with E-state index in [-0.39, 0.29) is 33.0 Å². The predicted molar refractivity (Wildman–Crippen MR) is 276 cm³/mol. The van der Waals surface area contributed by atoms with Gasteiger partial charge in [-0.2, -0.15) is 0 Å². The molecule has 0 amide bonds. The van der Waals surface area contributed by atoms with Gasteiger partial charge in [0.1, 0.15) is 48.8 Å². The molecule has 11 heteroatoms. The zero-order valence-corrected chi connectivity index (χ0v) is 41.3. The van der Waals surface area contributed by atoms with Crippen LogP contribution in [-0.2, 0) is 98.4 Å². The van der Waals surface area contributed by atoms with Crippen LogP contribution < -0.4 is 0 Å². The van der Waals surface area contributed by atoms with Gasteiger partial charge in [-0.05, 0) is 38.9 Å². The summed E-state index contributed by atoms with van der Waals surface area (Å²) < 4.78 is 75.2. The van der Waals surface area contributed by atoms with Gasteiger partial charge in [0.2, 0.25) is 0 Å². The van der Waals surface area contributed by atoms with E-state index in [1.807, 2.05) is 212 Å². The second-order valence-electron chi connectivity index (χ2n) is 18.2. The van der Waals surface area contributed by atoms with Crippen LogP contribution in [0.2, 0.25) is 0 Å². The summed E-state index contributed by atoms with van der Waals surface area (Å²) in [6, 6.07) is 70.4. The zero-order chi connectivity index (χ0) is 49.7. The molecule has 73 heavy (non-hydrogen) atoms. The Labute approximate surface area is 429 Å². The average molecular weight is 987 g/mol. The van der Waals surface area contributed by atoms with Crippen LogP contribution in [-0.4, -0.2) is 81.7 Å². The fourth-order valence-corrected chi connectivity index (χ4v) is 9.14. The first-order chi connectivity index (χ1) is 36.2. The minimum Gasteiger partial charge on any atom is -0.374 e. The maximum Gasteiger partial charge on any atom is 0.187 e. The molecule has 7 aromatic rings. The lowest BCUT2D eigenvalue weighted by atomic mass is 9.96. The van der Waals surface area contributed by atoms with E-state index in [1.54, 1.807) is 7.11 Å². The van der Waals surface area contributed by atoms with Crippen LogP contribution in [0, 0.1) is 0 Å². The fourth-order valence-electron chi connectivity index (χ4n) is 9.14. The van der Waals surface area contributed by atoms with Crippen LogP contribution in [0.3, 0.4) is 0 Å². The van der Waals surface area contributed by atoms with Gasteiger partial charge in [-0.15, -0.1) is 0 Å². The Hall–Kier alpha value is -5.90. The molecule has 7 aromatic carbocycles. The molecule has 2 aliphatic rings. The van der Waals surface area contributed by atoms with E-state index in [0.717, 1.165) is 38.9 Å². The van der Waals surface area contributed by atoms with Gasteiger partial charge in [0.05, 0.1) is 59.5 Å². The van der Waals surface area contributed by atoms with Crippen molar-refractivity contribution >= 4 is 0 Å². The summed E-state index contributed by atoms with van der Waals surface area (Å²) in [6.45, 7) is 2.25. The van der Waals surface area contributed by atoms with Gasteiger partial charge < -0.3 is 52.1 Å². The SMILES string of the molecule is CO[C@H]1O[C@H](CO[C@@H]2O[C@H](COCc3ccccc3)[C@@H](OCc3ccccc3)[C@H](OCc3ccccc3)[C@@H]2OCc2ccccc2)[C@@H](OCc2ccccc2)[C@H](OCc2ccccc2)[C@H]1OCc1ccccc1. The van der Waals surface area contributed by atoms with Crippen molar-refractivity contribution in [1.82, 2.24) is 0 Å². The van der Waals surface area contributed by atoms with Crippen LogP contribution in [0.5, 0.6) is 0 Å². The molecule has 0 aromatic heterocycles. The second-order valence-corrected chi connectivity index (χ2v) is 18.2. The lowest BCUT2D eigenvalue weighted by Crippen LogP contribution is -2.64. The summed E-state index contributed by atoms with van der Waals surface area (Å²) in [5.74, 6) is 0. The highest BCUT2D eigenvalue weighted by Gasteiger charge is 2.52. The molecule has 0 unspecified atom stereocenters. The summed E-state index contributed by atoms with van der Waals surface area (Å²) in [7, 11) is 1.61. The van der Waals surface area contributed by atoms with Crippen LogP contribution in [0.1, 0.15) is 38.9 Å². The first kappa shape index (κ1) is 52.0. The van der Waals surface area contributed by atoms with Gasteiger partial charge in [0, 0.05) is 7.11 Å². The maximum absolute atomic E-state index is 7.10. The van der Waals surface area contributed by atoms with Gasteiger partial charge in [-0.25, -0.2) is 0 Å².